The molecule has 7 heteroatoms. The summed E-state index contributed by atoms with van der Waals surface area (Å²) in [6, 6.07) is 15.9. The maximum Gasteiger partial charge on any atom is 0.228 e. The van der Waals surface area contributed by atoms with Crippen LogP contribution in [-0.2, 0) is 22.7 Å². The molecule has 1 saturated heterocycles. The van der Waals surface area contributed by atoms with Gasteiger partial charge in [-0.1, -0.05) is 24.3 Å². The second kappa shape index (κ2) is 8.34. The number of hydrogen-bond donors (Lipinski definition) is 0. The van der Waals surface area contributed by atoms with Gasteiger partial charge in [-0.05, 0) is 37.1 Å². The fourth-order valence-electron chi connectivity index (χ4n) is 4.15. The third kappa shape index (κ3) is 4.35. The van der Waals surface area contributed by atoms with E-state index < -0.39 is 0 Å². The van der Waals surface area contributed by atoms with Crippen molar-refractivity contribution in [2.24, 2.45) is 5.92 Å². The van der Waals surface area contributed by atoms with Gasteiger partial charge in [-0.2, -0.15) is 5.10 Å². The first-order chi connectivity index (χ1) is 15.2. The maximum atomic E-state index is 13.4. The number of hydrogen-bond acceptors (Lipinski definition) is 4. The minimum atomic E-state index is -0.291. The molecule has 1 aliphatic carbocycles. The lowest BCUT2D eigenvalue weighted by Crippen LogP contribution is -2.38. The summed E-state index contributed by atoms with van der Waals surface area (Å²) in [6.45, 7) is 1.44. The van der Waals surface area contributed by atoms with E-state index in [1.807, 2.05) is 70.5 Å². The van der Waals surface area contributed by atoms with E-state index in [2.05, 4.69) is 10.1 Å². The fourth-order valence-corrected chi connectivity index (χ4v) is 4.15. The smallest absolute Gasteiger partial charge is 0.228 e. The third-order valence-corrected chi connectivity index (χ3v) is 5.92. The van der Waals surface area contributed by atoms with Crippen LogP contribution in [0.2, 0.25) is 0 Å². The lowest BCUT2D eigenvalue weighted by atomic mass is 10.1. The van der Waals surface area contributed by atoms with E-state index >= 15 is 0 Å². The number of pyridine rings is 1. The summed E-state index contributed by atoms with van der Waals surface area (Å²) < 4.78 is 1.83. The van der Waals surface area contributed by atoms with Crippen molar-refractivity contribution in [3.63, 3.8) is 0 Å². The molecule has 0 N–H and O–H groups in total. The predicted molar refractivity (Wildman–Crippen MR) is 115 cm³/mol. The van der Waals surface area contributed by atoms with Gasteiger partial charge in [0.1, 0.15) is 0 Å². The van der Waals surface area contributed by atoms with Gasteiger partial charge in [0.2, 0.25) is 11.8 Å². The zero-order valence-electron chi connectivity index (χ0n) is 17.3. The van der Waals surface area contributed by atoms with Crippen LogP contribution in [-0.4, -0.2) is 49.0 Å². The molecule has 7 nitrogen and oxygen atoms in total. The van der Waals surface area contributed by atoms with Gasteiger partial charge in [-0.3, -0.25) is 14.6 Å². The molecule has 0 spiro atoms. The van der Waals surface area contributed by atoms with E-state index in [1.165, 1.54) is 0 Å². The molecule has 31 heavy (non-hydrogen) atoms. The van der Waals surface area contributed by atoms with Gasteiger partial charge in [0, 0.05) is 43.5 Å². The zero-order chi connectivity index (χ0) is 21.2. The van der Waals surface area contributed by atoms with E-state index in [9.17, 15) is 9.59 Å². The number of benzene rings is 1. The monoisotopic (exact) mass is 415 g/mol. The molecule has 158 valence electrons. The van der Waals surface area contributed by atoms with E-state index in [-0.39, 0.29) is 30.2 Å². The van der Waals surface area contributed by atoms with E-state index in [1.54, 1.807) is 11.1 Å². The number of likely N-dealkylation sites (tertiary alicyclic amines) is 1. The van der Waals surface area contributed by atoms with Crippen LogP contribution in [0.5, 0.6) is 0 Å². The van der Waals surface area contributed by atoms with E-state index in [0.717, 1.165) is 29.8 Å². The Hall–Kier alpha value is -3.48. The molecular formula is C24H25N5O2. The van der Waals surface area contributed by atoms with Gasteiger partial charge in [0.25, 0.3) is 0 Å². The summed E-state index contributed by atoms with van der Waals surface area (Å²) in [6.07, 6.45) is 7.85. The van der Waals surface area contributed by atoms with Gasteiger partial charge in [0.05, 0.1) is 30.0 Å². The number of carbonyl (C=O) groups is 2. The van der Waals surface area contributed by atoms with Crippen LogP contribution in [0.4, 0.5) is 0 Å². The quantitative estimate of drug-likeness (QED) is 0.595. The van der Waals surface area contributed by atoms with Crippen molar-refractivity contribution < 1.29 is 9.59 Å². The van der Waals surface area contributed by atoms with Crippen molar-refractivity contribution >= 4 is 11.8 Å². The summed E-state index contributed by atoms with van der Waals surface area (Å²) in [5.74, 6) is -0.190. The fraction of sp³-hybridized carbons (Fsp3) is 0.333. The lowest BCUT2D eigenvalue weighted by molar-refractivity contribution is -0.137. The van der Waals surface area contributed by atoms with Crippen molar-refractivity contribution in [2.75, 3.05) is 6.54 Å². The molecule has 2 amide bonds. The first-order valence-electron chi connectivity index (χ1n) is 10.7. The Morgan fingerprint density at radius 3 is 2.65 bits per heavy atom. The summed E-state index contributed by atoms with van der Waals surface area (Å²) in [5.41, 5.74) is 2.83. The molecule has 1 saturated carbocycles. The SMILES string of the molecule is O=C1C[C@H](C(=O)N(Cc2cnn(-c3ccccc3)c2)C2CC2)CN1Cc1ccccn1. The minimum Gasteiger partial charge on any atom is -0.336 e. The van der Waals surface area contributed by atoms with Crippen molar-refractivity contribution in [3.8, 4) is 5.69 Å². The average molecular weight is 415 g/mol. The molecule has 0 radical (unpaired) electrons. The van der Waals surface area contributed by atoms with Crippen molar-refractivity contribution in [3.05, 3.63) is 78.4 Å². The molecule has 2 aromatic heterocycles. The molecule has 2 aliphatic rings. The van der Waals surface area contributed by atoms with Crippen LogP contribution in [0, 0.1) is 5.92 Å². The highest BCUT2D eigenvalue weighted by atomic mass is 16.2. The van der Waals surface area contributed by atoms with Crippen LogP contribution >= 0.6 is 0 Å². The Morgan fingerprint density at radius 1 is 1.10 bits per heavy atom. The Bertz CT molecular complexity index is 1060. The van der Waals surface area contributed by atoms with E-state index in [4.69, 9.17) is 0 Å². The maximum absolute atomic E-state index is 13.4. The molecular weight excluding hydrogens is 390 g/mol. The van der Waals surface area contributed by atoms with Crippen LogP contribution < -0.4 is 0 Å². The van der Waals surface area contributed by atoms with Crippen LogP contribution in [0.3, 0.4) is 0 Å². The lowest BCUT2D eigenvalue weighted by Gasteiger charge is -2.25. The summed E-state index contributed by atoms with van der Waals surface area (Å²) in [7, 11) is 0. The number of carbonyl (C=O) groups excluding carboxylic acids is 2. The highest BCUT2D eigenvalue weighted by Gasteiger charge is 2.41. The largest absolute Gasteiger partial charge is 0.336 e. The second-order valence-electron chi connectivity index (χ2n) is 8.32. The molecule has 0 unspecified atom stereocenters. The van der Waals surface area contributed by atoms with Gasteiger partial charge in [-0.25, -0.2) is 4.68 Å². The summed E-state index contributed by atoms with van der Waals surface area (Å²) in [5, 5.41) is 4.46. The highest BCUT2D eigenvalue weighted by Crippen LogP contribution is 2.32. The Balaban J connectivity index is 1.26. The molecule has 2 fully saturated rings. The molecule has 0 bridgehead atoms. The molecule has 1 aromatic carbocycles. The van der Waals surface area contributed by atoms with Crippen molar-refractivity contribution in [2.45, 2.75) is 38.4 Å². The number of rotatable bonds is 7. The second-order valence-corrected chi connectivity index (χ2v) is 8.32. The Morgan fingerprint density at radius 2 is 1.90 bits per heavy atom. The van der Waals surface area contributed by atoms with Crippen LogP contribution in [0.15, 0.2) is 67.1 Å². The first kappa shape index (κ1) is 19.5. The van der Waals surface area contributed by atoms with Gasteiger partial charge < -0.3 is 9.80 Å². The normalized spacial score (nSPS) is 18.4. The number of aromatic nitrogens is 3. The summed E-state index contributed by atoms with van der Waals surface area (Å²) >= 11 is 0. The number of nitrogens with zero attached hydrogens (tertiary/aromatic N) is 5. The molecule has 5 rings (SSSR count). The summed E-state index contributed by atoms with van der Waals surface area (Å²) in [4.78, 5) is 33.9. The standard InChI is InChI=1S/C24H25N5O2/c30-23-12-19(16-27(23)17-20-6-4-5-11-25-20)24(31)28(21-9-10-21)14-18-13-26-29(15-18)22-7-2-1-3-8-22/h1-8,11,13,15,19,21H,9-10,12,14,16-17H2/t19-/m0/s1. The van der Waals surface area contributed by atoms with Crippen LogP contribution in [0.25, 0.3) is 5.69 Å². The van der Waals surface area contributed by atoms with E-state index in [0.29, 0.717) is 19.6 Å². The van der Waals surface area contributed by atoms with Gasteiger partial charge >= 0.3 is 0 Å². The number of amides is 2. The molecule has 3 aromatic rings. The third-order valence-electron chi connectivity index (χ3n) is 5.92. The molecule has 1 aliphatic heterocycles. The molecule has 1 atom stereocenters. The van der Waals surface area contributed by atoms with Gasteiger partial charge in [0.15, 0.2) is 0 Å². The molecule has 3 heterocycles. The number of para-hydroxylation sites is 1. The topological polar surface area (TPSA) is 71.3 Å². The first-order valence-corrected chi connectivity index (χ1v) is 10.7. The predicted octanol–water partition coefficient (Wildman–Crippen LogP) is 2.81. The average Bonchev–Trinajstić information content (AvgIpc) is 3.43. The van der Waals surface area contributed by atoms with Crippen molar-refractivity contribution in [1.82, 2.24) is 24.6 Å². The minimum absolute atomic E-state index is 0.0247. The Kier molecular flexibility index (Phi) is 5.24. The highest BCUT2D eigenvalue weighted by molar-refractivity contribution is 5.89. The Labute approximate surface area is 181 Å². The zero-order valence-corrected chi connectivity index (χ0v) is 17.3. The van der Waals surface area contributed by atoms with Gasteiger partial charge in [-0.15, -0.1) is 0 Å². The van der Waals surface area contributed by atoms with Crippen molar-refractivity contribution in [1.29, 1.82) is 0 Å². The van der Waals surface area contributed by atoms with Crippen LogP contribution in [0.1, 0.15) is 30.5 Å².